The van der Waals surface area contributed by atoms with Gasteiger partial charge in [0.05, 0.1) is 11.7 Å². The first kappa shape index (κ1) is 13.0. The molecule has 4 heteroatoms. The first-order valence-electron chi connectivity index (χ1n) is 4.70. The zero-order chi connectivity index (χ0) is 10.7. The van der Waals surface area contributed by atoms with E-state index in [0.29, 0.717) is 5.15 Å². The number of hydrogen-bond donors (Lipinski definition) is 1. The fourth-order valence-electron chi connectivity index (χ4n) is 1.43. The summed E-state index contributed by atoms with van der Waals surface area (Å²) in [5.41, 5.74) is 7.88. The Morgan fingerprint density at radius 1 is 1.00 bits per heavy atom. The van der Waals surface area contributed by atoms with Gasteiger partial charge in [-0.05, 0) is 17.7 Å². The van der Waals surface area contributed by atoms with Gasteiger partial charge in [-0.1, -0.05) is 48.0 Å². The number of rotatable bonds is 2. The molecule has 0 radical (unpaired) electrons. The van der Waals surface area contributed by atoms with Crippen LogP contribution in [0.25, 0.3) is 0 Å². The fraction of sp³-hybridized carbons (Fsp3) is 0.0833. The summed E-state index contributed by atoms with van der Waals surface area (Å²) < 4.78 is 0. The predicted molar refractivity (Wildman–Crippen MR) is 69.0 cm³/mol. The quantitative estimate of drug-likeness (QED) is 0.837. The molecule has 0 aliphatic rings. The van der Waals surface area contributed by atoms with Gasteiger partial charge in [0, 0.05) is 0 Å². The van der Waals surface area contributed by atoms with Crippen molar-refractivity contribution in [1.29, 1.82) is 0 Å². The summed E-state index contributed by atoms with van der Waals surface area (Å²) in [6, 6.07) is 15.1. The molecule has 2 rings (SSSR count). The molecule has 0 fully saturated rings. The maximum atomic E-state index is 6.06. The van der Waals surface area contributed by atoms with Crippen molar-refractivity contribution in [3.63, 3.8) is 0 Å². The topological polar surface area (TPSA) is 38.9 Å². The molecule has 16 heavy (non-hydrogen) atoms. The molecule has 84 valence electrons. The van der Waals surface area contributed by atoms with Crippen molar-refractivity contribution >= 4 is 24.0 Å². The molecule has 2 aromatic rings. The highest BCUT2D eigenvalue weighted by Gasteiger charge is 2.09. The number of halogens is 2. The Bertz CT molecular complexity index is 446. The van der Waals surface area contributed by atoms with Crippen molar-refractivity contribution in [1.82, 2.24) is 4.98 Å². The van der Waals surface area contributed by atoms with Gasteiger partial charge in [-0.15, -0.1) is 12.4 Å². The third-order valence-corrected chi connectivity index (χ3v) is 2.42. The second kappa shape index (κ2) is 5.85. The van der Waals surface area contributed by atoms with Crippen LogP contribution in [0.15, 0.2) is 48.5 Å². The maximum Gasteiger partial charge on any atom is 0.129 e. The average Bonchev–Trinajstić information content (AvgIpc) is 2.29. The van der Waals surface area contributed by atoms with Crippen molar-refractivity contribution in [2.24, 2.45) is 5.73 Å². The van der Waals surface area contributed by atoms with Crippen LogP contribution in [0.2, 0.25) is 5.15 Å². The van der Waals surface area contributed by atoms with Crippen LogP contribution in [0.4, 0.5) is 0 Å². The van der Waals surface area contributed by atoms with Crippen molar-refractivity contribution in [3.05, 3.63) is 64.9 Å². The van der Waals surface area contributed by atoms with E-state index < -0.39 is 0 Å². The molecule has 0 amide bonds. The summed E-state index contributed by atoms with van der Waals surface area (Å²) in [6.07, 6.45) is 0. The van der Waals surface area contributed by atoms with E-state index in [2.05, 4.69) is 4.98 Å². The van der Waals surface area contributed by atoms with Crippen LogP contribution < -0.4 is 5.73 Å². The third-order valence-electron chi connectivity index (χ3n) is 2.21. The molecule has 0 bridgehead atoms. The normalized spacial score (nSPS) is 11.6. The highest BCUT2D eigenvalue weighted by Crippen LogP contribution is 2.18. The van der Waals surface area contributed by atoms with Crippen LogP contribution in [0.5, 0.6) is 0 Å². The Morgan fingerprint density at radius 3 is 2.31 bits per heavy atom. The second-order valence-electron chi connectivity index (χ2n) is 3.27. The lowest BCUT2D eigenvalue weighted by molar-refractivity contribution is 0.829. The zero-order valence-electron chi connectivity index (χ0n) is 8.51. The first-order chi connectivity index (χ1) is 7.27. The van der Waals surface area contributed by atoms with E-state index in [4.69, 9.17) is 17.3 Å². The van der Waals surface area contributed by atoms with Crippen molar-refractivity contribution in [2.45, 2.75) is 6.04 Å². The molecule has 1 aromatic heterocycles. The monoisotopic (exact) mass is 254 g/mol. The maximum absolute atomic E-state index is 6.06. The molecule has 2 nitrogen and oxygen atoms in total. The molecule has 0 aliphatic heterocycles. The number of aromatic nitrogens is 1. The van der Waals surface area contributed by atoms with E-state index in [-0.39, 0.29) is 18.4 Å². The van der Waals surface area contributed by atoms with Gasteiger partial charge in [0.2, 0.25) is 0 Å². The Hall–Kier alpha value is -1.09. The molecule has 0 spiro atoms. The van der Waals surface area contributed by atoms with E-state index in [1.165, 1.54) is 0 Å². The lowest BCUT2D eigenvalue weighted by Crippen LogP contribution is -2.13. The highest BCUT2D eigenvalue weighted by atomic mass is 35.5. The molecule has 0 aliphatic carbocycles. The molecule has 1 heterocycles. The minimum Gasteiger partial charge on any atom is -0.319 e. The van der Waals surface area contributed by atoms with Gasteiger partial charge in [0.1, 0.15) is 5.15 Å². The number of pyridine rings is 1. The fourth-order valence-corrected chi connectivity index (χ4v) is 1.60. The van der Waals surface area contributed by atoms with Crippen LogP contribution in [0.3, 0.4) is 0 Å². The highest BCUT2D eigenvalue weighted by molar-refractivity contribution is 6.29. The van der Waals surface area contributed by atoms with E-state index in [1.807, 2.05) is 42.5 Å². The summed E-state index contributed by atoms with van der Waals surface area (Å²) >= 11 is 5.81. The standard InChI is InChI=1S/C12H11ClN2.ClH/c13-11-8-4-7-10(15-11)12(14)9-5-2-1-3-6-9;/h1-8,12H,14H2;1H. The summed E-state index contributed by atoms with van der Waals surface area (Å²) in [5.74, 6) is 0. The van der Waals surface area contributed by atoms with E-state index in [9.17, 15) is 0 Å². The van der Waals surface area contributed by atoms with Gasteiger partial charge in [-0.3, -0.25) is 0 Å². The second-order valence-corrected chi connectivity index (χ2v) is 3.66. The van der Waals surface area contributed by atoms with Crippen LogP contribution >= 0.6 is 24.0 Å². The van der Waals surface area contributed by atoms with Gasteiger partial charge in [-0.25, -0.2) is 4.98 Å². The molecule has 1 atom stereocenters. The molecular formula is C12H12Cl2N2. The smallest absolute Gasteiger partial charge is 0.129 e. The van der Waals surface area contributed by atoms with E-state index >= 15 is 0 Å². The summed E-state index contributed by atoms with van der Waals surface area (Å²) in [5, 5.41) is 0.471. The van der Waals surface area contributed by atoms with Crippen LogP contribution in [0.1, 0.15) is 17.3 Å². The van der Waals surface area contributed by atoms with Crippen LogP contribution in [-0.4, -0.2) is 4.98 Å². The molecule has 0 saturated heterocycles. The van der Waals surface area contributed by atoms with Gasteiger partial charge < -0.3 is 5.73 Å². The lowest BCUT2D eigenvalue weighted by Gasteiger charge is -2.11. The SMILES string of the molecule is Cl.NC(c1ccccc1)c1cccc(Cl)n1. The van der Waals surface area contributed by atoms with Crippen LogP contribution in [-0.2, 0) is 0 Å². The Balaban J connectivity index is 0.00000128. The number of nitrogens with zero attached hydrogens (tertiary/aromatic N) is 1. The van der Waals surface area contributed by atoms with Crippen molar-refractivity contribution in [3.8, 4) is 0 Å². The van der Waals surface area contributed by atoms with Gasteiger partial charge >= 0.3 is 0 Å². The number of nitrogens with two attached hydrogens (primary N) is 1. The summed E-state index contributed by atoms with van der Waals surface area (Å²) in [4.78, 5) is 4.19. The van der Waals surface area contributed by atoms with E-state index in [0.717, 1.165) is 11.3 Å². The van der Waals surface area contributed by atoms with Gasteiger partial charge in [0.25, 0.3) is 0 Å². The van der Waals surface area contributed by atoms with E-state index in [1.54, 1.807) is 6.07 Å². The molecule has 1 aromatic carbocycles. The minimum atomic E-state index is -0.218. The first-order valence-corrected chi connectivity index (χ1v) is 5.08. The Labute approximate surface area is 106 Å². The zero-order valence-corrected chi connectivity index (χ0v) is 10.1. The Kier molecular flexibility index (Phi) is 4.74. The van der Waals surface area contributed by atoms with Crippen molar-refractivity contribution in [2.75, 3.05) is 0 Å². The predicted octanol–water partition coefficient (Wildman–Crippen LogP) is 3.20. The summed E-state index contributed by atoms with van der Waals surface area (Å²) in [7, 11) is 0. The molecule has 2 N–H and O–H groups in total. The average molecular weight is 255 g/mol. The third kappa shape index (κ3) is 2.95. The Morgan fingerprint density at radius 2 is 1.69 bits per heavy atom. The van der Waals surface area contributed by atoms with Gasteiger partial charge in [0.15, 0.2) is 0 Å². The van der Waals surface area contributed by atoms with Gasteiger partial charge in [-0.2, -0.15) is 0 Å². The lowest BCUT2D eigenvalue weighted by atomic mass is 10.0. The molecule has 0 saturated carbocycles. The van der Waals surface area contributed by atoms with Crippen molar-refractivity contribution < 1.29 is 0 Å². The molecule has 1 unspecified atom stereocenters. The minimum absolute atomic E-state index is 0. The summed E-state index contributed by atoms with van der Waals surface area (Å²) in [6.45, 7) is 0. The van der Waals surface area contributed by atoms with Crippen LogP contribution in [0, 0.1) is 0 Å². The molecular weight excluding hydrogens is 243 g/mol. The largest absolute Gasteiger partial charge is 0.319 e. The number of hydrogen-bond acceptors (Lipinski definition) is 2. The number of benzene rings is 1.